The topological polar surface area (TPSA) is 64.5 Å². The summed E-state index contributed by atoms with van der Waals surface area (Å²) in [6.45, 7) is 4.17. The fourth-order valence-electron chi connectivity index (χ4n) is 2.97. The van der Waals surface area contributed by atoms with E-state index in [2.05, 4.69) is 14.7 Å². The lowest BCUT2D eigenvalue weighted by atomic mass is 9.90. The maximum atomic E-state index is 12.5. The molecule has 0 bridgehead atoms. The molecule has 3 rings (SSSR count). The quantitative estimate of drug-likeness (QED) is 0.590. The number of halogens is 3. The monoisotopic (exact) mass is 412 g/mol. The van der Waals surface area contributed by atoms with Gasteiger partial charge in [0.1, 0.15) is 22.1 Å². The summed E-state index contributed by atoms with van der Waals surface area (Å²) in [5.41, 5.74) is -0.516. The normalized spacial score (nSPS) is 14.1. The van der Waals surface area contributed by atoms with E-state index in [1.165, 1.54) is 24.4 Å². The Kier molecular flexibility index (Phi) is 5.76. The van der Waals surface area contributed by atoms with Crippen LogP contribution in [-0.4, -0.2) is 28.0 Å². The Balaban J connectivity index is 2.08. The van der Waals surface area contributed by atoms with Gasteiger partial charge in [0.05, 0.1) is 22.4 Å². The van der Waals surface area contributed by atoms with Gasteiger partial charge in [-0.25, -0.2) is 4.98 Å². The molecule has 2 heterocycles. The molecule has 2 aromatic heterocycles. The van der Waals surface area contributed by atoms with E-state index in [0.29, 0.717) is 46.0 Å². The number of aromatic nitrogens is 2. The minimum absolute atomic E-state index is 0.328. The number of fused-ring (bicyclic) bond motifs is 1. The van der Waals surface area contributed by atoms with Gasteiger partial charge in [0, 0.05) is 12.4 Å². The lowest BCUT2D eigenvalue weighted by Crippen LogP contribution is -2.28. The highest BCUT2D eigenvalue weighted by molar-refractivity contribution is 7.18. The molecule has 0 radical (unpaired) electrons. The zero-order chi connectivity index (χ0) is 20.4. The zero-order valence-corrected chi connectivity index (χ0v) is 16.1. The van der Waals surface area contributed by atoms with Gasteiger partial charge in [0.15, 0.2) is 0 Å². The van der Waals surface area contributed by atoms with E-state index in [9.17, 15) is 18.3 Å². The third kappa shape index (κ3) is 4.20. The van der Waals surface area contributed by atoms with Crippen LogP contribution in [0.2, 0.25) is 0 Å². The van der Waals surface area contributed by atoms with E-state index >= 15 is 0 Å². The van der Waals surface area contributed by atoms with Crippen molar-refractivity contribution in [1.82, 2.24) is 9.97 Å². The second-order valence-electron chi connectivity index (χ2n) is 6.11. The maximum Gasteiger partial charge on any atom is 0.573 e. The van der Waals surface area contributed by atoms with Gasteiger partial charge in [-0.05, 0) is 37.6 Å². The number of hydrogen-bond acceptors (Lipinski definition) is 6. The first-order valence-corrected chi connectivity index (χ1v) is 9.55. The van der Waals surface area contributed by atoms with Gasteiger partial charge in [-0.15, -0.1) is 24.5 Å². The zero-order valence-electron chi connectivity index (χ0n) is 15.3. The van der Waals surface area contributed by atoms with Crippen LogP contribution >= 0.6 is 11.3 Å². The van der Waals surface area contributed by atoms with E-state index in [-0.39, 0.29) is 5.75 Å². The van der Waals surface area contributed by atoms with Gasteiger partial charge in [-0.1, -0.05) is 13.3 Å². The summed E-state index contributed by atoms with van der Waals surface area (Å²) < 4.78 is 47.5. The highest BCUT2D eigenvalue weighted by Gasteiger charge is 2.37. The molecule has 0 aliphatic carbocycles. The molecule has 3 aromatic rings. The second-order valence-corrected chi connectivity index (χ2v) is 7.14. The van der Waals surface area contributed by atoms with E-state index in [0.717, 1.165) is 11.3 Å². The predicted molar refractivity (Wildman–Crippen MR) is 99.6 cm³/mol. The van der Waals surface area contributed by atoms with Crippen molar-refractivity contribution in [1.29, 1.82) is 0 Å². The number of thiazole rings is 1. The molecule has 0 saturated heterocycles. The first-order valence-electron chi connectivity index (χ1n) is 8.73. The van der Waals surface area contributed by atoms with Crippen LogP contribution in [0.4, 0.5) is 13.2 Å². The van der Waals surface area contributed by atoms with Gasteiger partial charge in [0.25, 0.3) is 0 Å². The molecule has 28 heavy (non-hydrogen) atoms. The van der Waals surface area contributed by atoms with Crippen LogP contribution in [0.5, 0.6) is 11.5 Å². The average Bonchev–Trinajstić information content (AvgIpc) is 3.05. The van der Waals surface area contributed by atoms with Crippen molar-refractivity contribution in [2.24, 2.45) is 0 Å². The van der Waals surface area contributed by atoms with Crippen LogP contribution in [0.1, 0.15) is 37.3 Å². The number of benzene rings is 1. The summed E-state index contributed by atoms with van der Waals surface area (Å²) in [5.74, 6) is 0.166. The van der Waals surface area contributed by atoms with Gasteiger partial charge >= 0.3 is 6.36 Å². The molecule has 1 N–H and O–H groups in total. The second kappa shape index (κ2) is 7.92. The third-order valence-corrected chi connectivity index (χ3v) is 5.25. The molecule has 1 aromatic carbocycles. The van der Waals surface area contributed by atoms with Crippen molar-refractivity contribution in [2.75, 3.05) is 6.61 Å². The highest BCUT2D eigenvalue weighted by Crippen LogP contribution is 2.42. The van der Waals surface area contributed by atoms with Crippen LogP contribution in [0.3, 0.4) is 0 Å². The Morgan fingerprint density at radius 2 is 1.96 bits per heavy atom. The van der Waals surface area contributed by atoms with Gasteiger partial charge in [0.2, 0.25) is 0 Å². The molecule has 0 aliphatic rings. The van der Waals surface area contributed by atoms with Gasteiger partial charge in [-0.3, -0.25) is 4.98 Å². The largest absolute Gasteiger partial charge is 0.573 e. The minimum Gasteiger partial charge on any atom is -0.493 e. The Labute approximate surface area is 163 Å². The molecule has 5 nitrogen and oxygen atoms in total. The number of nitrogens with zero attached hydrogens (tertiary/aromatic N) is 2. The number of hydrogen-bond donors (Lipinski definition) is 1. The summed E-state index contributed by atoms with van der Waals surface area (Å²) in [7, 11) is 0. The van der Waals surface area contributed by atoms with Crippen LogP contribution in [0.25, 0.3) is 10.2 Å². The van der Waals surface area contributed by atoms with E-state index in [1.807, 2.05) is 13.8 Å². The standard InChI is InChI=1S/C19H19F3N2O3S/c1-3-8-18(25,13-11-23-9-7-15(13)26-4-2)17-24-14-6-5-12(10-16(14)28-17)27-19(20,21)22/h5-7,9-11,25H,3-4,8H2,1-2H3. The average molecular weight is 412 g/mol. The molecule has 0 aliphatic heterocycles. The van der Waals surface area contributed by atoms with Crippen molar-refractivity contribution >= 4 is 21.6 Å². The summed E-state index contributed by atoms with van der Waals surface area (Å²) in [4.78, 5) is 8.57. The lowest BCUT2D eigenvalue weighted by Gasteiger charge is -2.27. The maximum absolute atomic E-state index is 12.5. The third-order valence-electron chi connectivity index (χ3n) is 4.09. The Morgan fingerprint density at radius 3 is 2.64 bits per heavy atom. The Morgan fingerprint density at radius 1 is 1.18 bits per heavy atom. The van der Waals surface area contributed by atoms with Crippen LogP contribution < -0.4 is 9.47 Å². The van der Waals surface area contributed by atoms with E-state index < -0.39 is 12.0 Å². The predicted octanol–water partition coefficient (Wildman–Crippen LogP) is 5.02. The van der Waals surface area contributed by atoms with Gasteiger partial charge < -0.3 is 14.6 Å². The van der Waals surface area contributed by atoms with Crippen molar-refractivity contribution in [2.45, 2.75) is 38.7 Å². The van der Waals surface area contributed by atoms with Crippen molar-refractivity contribution < 1.29 is 27.8 Å². The van der Waals surface area contributed by atoms with E-state index in [4.69, 9.17) is 4.74 Å². The number of ether oxygens (including phenoxy) is 2. The van der Waals surface area contributed by atoms with E-state index in [1.54, 1.807) is 12.3 Å². The van der Waals surface area contributed by atoms with Crippen LogP contribution in [0, 0.1) is 0 Å². The highest BCUT2D eigenvalue weighted by atomic mass is 32.1. The summed E-state index contributed by atoms with van der Waals surface area (Å²) in [5, 5.41) is 11.9. The molecule has 0 saturated carbocycles. The molecular weight excluding hydrogens is 393 g/mol. The number of pyridine rings is 1. The first kappa shape index (κ1) is 20.3. The van der Waals surface area contributed by atoms with Crippen molar-refractivity contribution in [3.63, 3.8) is 0 Å². The molecule has 1 unspecified atom stereocenters. The molecule has 0 amide bonds. The molecule has 1 atom stereocenters. The van der Waals surface area contributed by atoms with Gasteiger partial charge in [-0.2, -0.15) is 0 Å². The number of rotatable bonds is 7. The smallest absolute Gasteiger partial charge is 0.493 e. The van der Waals surface area contributed by atoms with Crippen LogP contribution in [-0.2, 0) is 5.60 Å². The van der Waals surface area contributed by atoms with Crippen LogP contribution in [0.15, 0.2) is 36.7 Å². The Bertz CT molecular complexity index is 961. The molecule has 150 valence electrons. The fraction of sp³-hybridized carbons (Fsp3) is 0.368. The summed E-state index contributed by atoms with van der Waals surface area (Å²) in [6, 6.07) is 5.58. The van der Waals surface area contributed by atoms with Crippen molar-refractivity contribution in [3.8, 4) is 11.5 Å². The molecular formula is C19H19F3N2O3S. The minimum atomic E-state index is -4.77. The lowest BCUT2D eigenvalue weighted by molar-refractivity contribution is -0.274. The first-order chi connectivity index (χ1) is 13.3. The molecule has 9 heteroatoms. The molecule has 0 spiro atoms. The Hall–Kier alpha value is -2.39. The number of aliphatic hydroxyl groups is 1. The summed E-state index contributed by atoms with van der Waals surface area (Å²) >= 11 is 1.11. The molecule has 0 fully saturated rings. The SMILES string of the molecule is CCCC(O)(c1nc2ccc(OC(F)(F)F)cc2s1)c1cnccc1OCC. The fourth-order valence-corrected chi connectivity index (χ4v) is 4.10. The number of alkyl halides is 3. The summed E-state index contributed by atoms with van der Waals surface area (Å²) in [6.07, 6.45) is -0.670. The van der Waals surface area contributed by atoms with Crippen molar-refractivity contribution in [3.05, 3.63) is 47.2 Å².